The molecule has 1 amide bonds. The molecule has 1 N–H and O–H groups in total. The highest BCUT2D eigenvalue weighted by molar-refractivity contribution is 6.31. The molecule has 0 radical (unpaired) electrons. The van der Waals surface area contributed by atoms with Crippen LogP contribution in [0.2, 0.25) is 5.02 Å². The molecule has 28 heavy (non-hydrogen) atoms. The molecule has 1 aromatic rings. The molecule has 2 atom stereocenters. The molecule has 1 heterocycles. The molecule has 0 bridgehead atoms. The van der Waals surface area contributed by atoms with Crippen molar-refractivity contribution in [1.82, 2.24) is 5.32 Å². The summed E-state index contributed by atoms with van der Waals surface area (Å²) in [5, 5.41) is 2.47. The van der Waals surface area contributed by atoms with Crippen molar-refractivity contribution in [3.63, 3.8) is 0 Å². The maximum absolute atomic E-state index is 13.8. The Labute approximate surface area is 168 Å². The largest absolute Gasteiger partial charge is 0.354 e. The highest BCUT2D eigenvalue weighted by atomic mass is 35.5. The number of hydrogen-bond acceptors (Lipinski definition) is 4. The molecule has 1 saturated heterocycles. The maximum atomic E-state index is 13.8. The van der Waals surface area contributed by atoms with E-state index < -0.39 is 34.7 Å². The minimum Gasteiger partial charge on any atom is -0.354 e. The molecule has 1 aliphatic heterocycles. The average Bonchev–Trinajstić information content (AvgIpc) is 2.58. The number of Topliss-reactive ketones (excluding diaryl/α,β-unsaturated/α-hetero) is 1. The van der Waals surface area contributed by atoms with Crippen LogP contribution in [0.25, 0.3) is 0 Å². The van der Waals surface area contributed by atoms with Gasteiger partial charge in [0, 0.05) is 24.4 Å². The summed E-state index contributed by atoms with van der Waals surface area (Å²) in [6.07, 6.45) is -0.727. The molecule has 0 unspecified atom stereocenters. The molecule has 5 nitrogen and oxygen atoms in total. The topological polar surface area (TPSA) is 64.6 Å². The van der Waals surface area contributed by atoms with E-state index in [4.69, 9.17) is 21.1 Å². The zero-order valence-electron chi connectivity index (χ0n) is 16.7. The van der Waals surface area contributed by atoms with E-state index in [1.807, 2.05) is 13.8 Å². The van der Waals surface area contributed by atoms with Crippen LogP contribution in [0.4, 0.5) is 8.78 Å². The molecular formula is C20H26ClF2NO4. The fraction of sp³-hybridized carbons (Fsp3) is 0.600. The van der Waals surface area contributed by atoms with Gasteiger partial charge in [-0.05, 0) is 25.8 Å². The van der Waals surface area contributed by atoms with E-state index in [9.17, 15) is 18.4 Å². The number of halogens is 3. The third-order valence-electron chi connectivity index (χ3n) is 4.61. The number of rotatable bonds is 6. The van der Waals surface area contributed by atoms with E-state index in [1.54, 1.807) is 20.8 Å². The predicted molar refractivity (Wildman–Crippen MR) is 101 cm³/mol. The van der Waals surface area contributed by atoms with Crippen molar-refractivity contribution in [2.24, 2.45) is 11.3 Å². The summed E-state index contributed by atoms with van der Waals surface area (Å²) < 4.78 is 38.4. The molecule has 1 aliphatic rings. The third kappa shape index (κ3) is 5.49. The van der Waals surface area contributed by atoms with Gasteiger partial charge in [-0.1, -0.05) is 32.4 Å². The standard InChI is InChI=1S/C20H26ClF2NO4/c1-11(6-16(25)12-7-13(21)15(23)8-14(12)22)9-24-18(26)17-19(2,3)10-27-20(4,5)28-17/h7-8,11,17H,6,9-10H2,1-5H3,(H,24,26)/t11-,17+/m1/s1. The van der Waals surface area contributed by atoms with Crippen molar-refractivity contribution < 1.29 is 27.8 Å². The number of carbonyl (C=O) groups excluding carboxylic acids is 2. The van der Waals surface area contributed by atoms with Crippen LogP contribution in [0.1, 0.15) is 51.4 Å². The van der Waals surface area contributed by atoms with Gasteiger partial charge in [-0.25, -0.2) is 8.78 Å². The van der Waals surface area contributed by atoms with Crippen molar-refractivity contribution in [2.75, 3.05) is 13.2 Å². The second kappa shape index (κ2) is 8.43. The van der Waals surface area contributed by atoms with Gasteiger partial charge >= 0.3 is 0 Å². The zero-order valence-corrected chi connectivity index (χ0v) is 17.5. The van der Waals surface area contributed by atoms with E-state index >= 15 is 0 Å². The van der Waals surface area contributed by atoms with E-state index in [0.717, 1.165) is 6.07 Å². The van der Waals surface area contributed by atoms with Gasteiger partial charge in [-0.2, -0.15) is 0 Å². The van der Waals surface area contributed by atoms with E-state index in [1.165, 1.54) is 0 Å². The van der Waals surface area contributed by atoms with Gasteiger partial charge in [-0.3, -0.25) is 9.59 Å². The Hall–Kier alpha value is -1.57. The monoisotopic (exact) mass is 417 g/mol. The molecule has 0 spiro atoms. The normalized spacial score (nSPS) is 21.8. The number of ether oxygens (including phenoxy) is 2. The first-order chi connectivity index (χ1) is 12.8. The number of amides is 1. The Morgan fingerprint density at radius 2 is 1.89 bits per heavy atom. The van der Waals surface area contributed by atoms with Crippen LogP contribution in [-0.2, 0) is 14.3 Å². The average molecular weight is 418 g/mol. The minimum absolute atomic E-state index is 0.0251. The predicted octanol–water partition coefficient (Wildman–Crippen LogP) is 4.12. The number of ketones is 1. The number of benzene rings is 1. The Kier molecular flexibility index (Phi) is 6.84. The number of carbonyl (C=O) groups is 2. The molecular weight excluding hydrogens is 392 g/mol. The fourth-order valence-electron chi connectivity index (χ4n) is 2.92. The fourth-order valence-corrected chi connectivity index (χ4v) is 3.09. The number of nitrogens with one attached hydrogen (secondary N) is 1. The maximum Gasteiger partial charge on any atom is 0.249 e. The van der Waals surface area contributed by atoms with Crippen molar-refractivity contribution in [3.8, 4) is 0 Å². The summed E-state index contributed by atoms with van der Waals surface area (Å²) in [6, 6.07) is 1.58. The summed E-state index contributed by atoms with van der Waals surface area (Å²) in [7, 11) is 0. The van der Waals surface area contributed by atoms with Crippen LogP contribution in [0, 0.1) is 23.0 Å². The van der Waals surface area contributed by atoms with Crippen LogP contribution >= 0.6 is 11.6 Å². The first-order valence-corrected chi connectivity index (χ1v) is 9.47. The minimum atomic E-state index is -0.956. The van der Waals surface area contributed by atoms with Crippen LogP contribution in [0.3, 0.4) is 0 Å². The molecule has 8 heteroatoms. The van der Waals surface area contributed by atoms with Crippen molar-refractivity contribution >= 4 is 23.3 Å². The van der Waals surface area contributed by atoms with Gasteiger partial charge in [0.25, 0.3) is 0 Å². The van der Waals surface area contributed by atoms with Gasteiger partial charge < -0.3 is 14.8 Å². The first kappa shape index (κ1) is 22.7. The quantitative estimate of drug-likeness (QED) is 0.558. The van der Waals surface area contributed by atoms with Gasteiger partial charge in [0.1, 0.15) is 17.7 Å². The first-order valence-electron chi connectivity index (χ1n) is 9.09. The summed E-state index contributed by atoms with van der Waals surface area (Å²) in [6.45, 7) is 9.57. The summed E-state index contributed by atoms with van der Waals surface area (Å²) in [4.78, 5) is 24.9. The van der Waals surface area contributed by atoms with Crippen molar-refractivity contribution in [3.05, 3.63) is 34.4 Å². The van der Waals surface area contributed by atoms with Gasteiger partial charge in [0.05, 0.1) is 17.2 Å². The smallest absolute Gasteiger partial charge is 0.249 e. The molecule has 156 valence electrons. The SMILES string of the molecule is C[C@@H](CNC(=O)[C@@H]1OC(C)(C)OCC1(C)C)CC(=O)c1cc(Cl)c(F)cc1F. The highest BCUT2D eigenvalue weighted by Crippen LogP contribution is 2.34. The van der Waals surface area contributed by atoms with Crippen LogP contribution in [0.15, 0.2) is 12.1 Å². The summed E-state index contributed by atoms with van der Waals surface area (Å²) in [5.41, 5.74) is -0.771. The lowest BCUT2D eigenvalue weighted by Gasteiger charge is -2.44. The van der Waals surface area contributed by atoms with E-state index in [-0.39, 0.29) is 35.4 Å². The second-order valence-electron chi connectivity index (χ2n) is 8.40. The highest BCUT2D eigenvalue weighted by Gasteiger charge is 2.45. The second-order valence-corrected chi connectivity index (χ2v) is 8.81. The lowest BCUT2D eigenvalue weighted by molar-refractivity contribution is -0.304. The Morgan fingerprint density at radius 1 is 1.25 bits per heavy atom. The zero-order chi connectivity index (χ0) is 21.3. The van der Waals surface area contributed by atoms with Gasteiger partial charge in [-0.15, -0.1) is 0 Å². The van der Waals surface area contributed by atoms with Crippen LogP contribution in [-0.4, -0.2) is 36.7 Å². The van der Waals surface area contributed by atoms with E-state index in [0.29, 0.717) is 12.7 Å². The van der Waals surface area contributed by atoms with Crippen LogP contribution in [0.5, 0.6) is 0 Å². The van der Waals surface area contributed by atoms with Crippen molar-refractivity contribution in [1.29, 1.82) is 0 Å². The van der Waals surface area contributed by atoms with Crippen molar-refractivity contribution in [2.45, 2.75) is 52.9 Å². The molecule has 0 saturated carbocycles. The lowest BCUT2D eigenvalue weighted by atomic mass is 9.85. The molecule has 1 aromatic carbocycles. The Morgan fingerprint density at radius 3 is 2.54 bits per heavy atom. The van der Waals surface area contributed by atoms with Gasteiger partial charge in [0.2, 0.25) is 5.91 Å². The summed E-state index contributed by atoms with van der Waals surface area (Å²) in [5.74, 6) is -3.81. The summed E-state index contributed by atoms with van der Waals surface area (Å²) >= 11 is 5.63. The molecule has 0 aromatic heterocycles. The van der Waals surface area contributed by atoms with Gasteiger partial charge in [0.15, 0.2) is 11.6 Å². The third-order valence-corrected chi connectivity index (χ3v) is 4.90. The Bertz CT molecular complexity index is 767. The van der Waals surface area contributed by atoms with E-state index in [2.05, 4.69) is 5.32 Å². The Balaban J connectivity index is 1.94. The number of hydrogen-bond donors (Lipinski definition) is 1. The van der Waals surface area contributed by atoms with Crippen LogP contribution < -0.4 is 5.32 Å². The molecule has 2 rings (SSSR count). The molecule has 0 aliphatic carbocycles. The molecule has 1 fully saturated rings. The lowest BCUT2D eigenvalue weighted by Crippen LogP contribution is -2.56.